The number of morpholine rings is 1. The highest BCUT2D eigenvalue weighted by Crippen LogP contribution is 2.19. The number of halogens is 1. The predicted molar refractivity (Wildman–Crippen MR) is 78.6 cm³/mol. The van der Waals surface area contributed by atoms with Crippen LogP contribution < -0.4 is 5.32 Å². The largest absolute Gasteiger partial charge is 0.369 e. The molecule has 5 heteroatoms. The van der Waals surface area contributed by atoms with Crippen LogP contribution in [-0.4, -0.2) is 29.2 Å². The van der Waals surface area contributed by atoms with E-state index in [1.54, 1.807) is 6.07 Å². The lowest BCUT2D eigenvalue weighted by Gasteiger charge is -2.24. The van der Waals surface area contributed by atoms with Crippen molar-refractivity contribution in [1.29, 1.82) is 0 Å². The van der Waals surface area contributed by atoms with Crippen LogP contribution in [0.2, 0.25) is 0 Å². The van der Waals surface area contributed by atoms with Gasteiger partial charge >= 0.3 is 0 Å². The van der Waals surface area contributed by atoms with Crippen molar-refractivity contribution in [3.05, 3.63) is 53.4 Å². The van der Waals surface area contributed by atoms with Crippen molar-refractivity contribution in [1.82, 2.24) is 14.9 Å². The topological polar surface area (TPSA) is 39.1 Å². The number of hydrogen-bond acceptors (Lipinski definition) is 3. The average molecular weight is 289 g/mol. The maximum atomic E-state index is 13.1. The van der Waals surface area contributed by atoms with Gasteiger partial charge in [0.25, 0.3) is 0 Å². The van der Waals surface area contributed by atoms with E-state index < -0.39 is 0 Å². The van der Waals surface area contributed by atoms with Crippen molar-refractivity contribution >= 4 is 0 Å². The zero-order chi connectivity index (χ0) is 14.7. The summed E-state index contributed by atoms with van der Waals surface area (Å²) in [4.78, 5) is 4.24. The highest BCUT2D eigenvalue weighted by atomic mass is 19.1. The van der Waals surface area contributed by atoms with E-state index >= 15 is 0 Å². The number of nitrogens with one attached hydrogen (secondary N) is 1. The van der Waals surface area contributed by atoms with Crippen molar-refractivity contribution < 1.29 is 9.13 Å². The van der Waals surface area contributed by atoms with Gasteiger partial charge in [0, 0.05) is 19.6 Å². The van der Waals surface area contributed by atoms with Gasteiger partial charge in [-0.25, -0.2) is 9.37 Å². The van der Waals surface area contributed by atoms with Gasteiger partial charge < -0.3 is 14.6 Å². The van der Waals surface area contributed by atoms with Gasteiger partial charge in [0.1, 0.15) is 11.9 Å². The van der Waals surface area contributed by atoms with E-state index in [2.05, 4.69) is 14.9 Å². The zero-order valence-electron chi connectivity index (χ0n) is 12.2. The Bertz CT molecular complexity index is 605. The van der Waals surface area contributed by atoms with Crippen molar-refractivity contribution in [3.63, 3.8) is 0 Å². The fraction of sp³-hybridized carbons (Fsp3) is 0.438. The summed E-state index contributed by atoms with van der Waals surface area (Å²) in [6.45, 7) is 5.22. The van der Waals surface area contributed by atoms with Crippen LogP contribution in [0.1, 0.15) is 22.9 Å². The molecular formula is C16H20FN3O. The number of rotatable bonds is 4. The molecule has 2 aromatic rings. The molecule has 3 rings (SSSR count). The molecule has 1 saturated heterocycles. The number of aromatic nitrogens is 2. The maximum absolute atomic E-state index is 13.1. The number of nitrogens with zero attached hydrogens (tertiary/aromatic N) is 2. The van der Waals surface area contributed by atoms with Gasteiger partial charge in [0.05, 0.1) is 24.8 Å². The van der Waals surface area contributed by atoms with Crippen LogP contribution in [0.3, 0.4) is 0 Å². The summed E-state index contributed by atoms with van der Waals surface area (Å²) in [6.07, 6.45) is 4.63. The standard InChI is InChI=1S/C16H20FN3O/c1-12-8-14(17)3-2-13(12)4-6-20-11-19-9-15(20)16-10-18-5-7-21-16/h2-3,8-9,11,16,18H,4-7,10H2,1H3. The molecule has 4 nitrogen and oxygen atoms in total. The summed E-state index contributed by atoms with van der Waals surface area (Å²) >= 11 is 0. The van der Waals surface area contributed by atoms with Gasteiger partial charge in [-0.1, -0.05) is 6.07 Å². The fourth-order valence-electron chi connectivity index (χ4n) is 2.72. The molecule has 0 aliphatic carbocycles. The van der Waals surface area contributed by atoms with Crippen molar-refractivity contribution in [2.75, 3.05) is 19.7 Å². The van der Waals surface area contributed by atoms with E-state index in [0.717, 1.165) is 43.9 Å². The van der Waals surface area contributed by atoms with E-state index in [1.165, 1.54) is 11.6 Å². The zero-order valence-corrected chi connectivity index (χ0v) is 12.2. The molecule has 1 N–H and O–H groups in total. The van der Waals surface area contributed by atoms with E-state index in [0.29, 0.717) is 0 Å². The van der Waals surface area contributed by atoms with Crippen LogP contribution >= 0.6 is 0 Å². The van der Waals surface area contributed by atoms with Gasteiger partial charge in [-0.05, 0) is 36.6 Å². The first-order chi connectivity index (χ1) is 10.2. The minimum atomic E-state index is -0.179. The Morgan fingerprint density at radius 3 is 3.14 bits per heavy atom. The van der Waals surface area contributed by atoms with E-state index in [-0.39, 0.29) is 11.9 Å². The summed E-state index contributed by atoms with van der Waals surface area (Å²) in [5.41, 5.74) is 3.26. The minimum Gasteiger partial charge on any atom is -0.369 e. The first-order valence-electron chi connectivity index (χ1n) is 7.31. The van der Waals surface area contributed by atoms with Crippen molar-refractivity contribution in [2.24, 2.45) is 0 Å². The Morgan fingerprint density at radius 2 is 2.38 bits per heavy atom. The molecule has 1 unspecified atom stereocenters. The second kappa shape index (κ2) is 6.37. The molecule has 1 aromatic carbocycles. The molecule has 1 aliphatic heterocycles. The highest BCUT2D eigenvalue weighted by molar-refractivity contribution is 5.26. The van der Waals surface area contributed by atoms with Gasteiger partial charge in [0.15, 0.2) is 0 Å². The number of benzene rings is 1. The second-order valence-electron chi connectivity index (χ2n) is 5.40. The monoisotopic (exact) mass is 289 g/mol. The average Bonchev–Trinajstić information content (AvgIpc) is 2.96. The van der Waals surface area contributed by atoms with Crippen molar-refractivity contribution in [2.45, 2.75) is 26.0 Å². The third-order valence-corrected chi connectivity index (χ3v) is 3.93. The summed E-state index contributed by atoms with van der Waals surface area (Å²) in [7, 11) is 0. The Hall–Kier alpha value is -1.72. The molecule has 0 radical (unpaired) electrons. The molecule has 112 valence electrons. The highest BCUT2D eigenvalue weighted by Gasteiger charge is 2.19. The molecule has 0 spiro atoms. The smallest absolute Gasteiger partial charge is 0.123 e. The van der Waals surface area contributed by atoms with E-state index in [9.17, 15) is 4.39 Å². The summed E-state index contributed by atoms with van der Waals surface area (Å²) < 4.78 is 21.0. The molecular weight excluding hydrogens is 269 g/mol. The minimum absolute atomic E-state index is 0.0653. The van der Waals surface area contributed by atoms with Crippen LogP contribution in [0.5, 0.6) is 0 Å². The lowest BCUT2D eigenvalue weighted by atomic mass is 10.1. The second-order valence-corrected chi connectivity index (χ2v) is 5.40. The quantitative estimate of drug-likeness (QED) is 0.938. The normalized spacial score (nSPS) is 18.9. The lowest BCUT2D eigenvalue weighted by molar-refractivity contribution is 0.0228. The van der Waals surface area contributed by atoms with Gasteiger partial charge in [-0.3, -0.25) is 0 Å². The van der Waals surface area contributed by atoms with Crippen LogP contribution in [0, 0.1) is 12.7 Å². The predicted octanol–water partition coefficient (Wildman–Crippen LogP) is 2.23. The Morgan fingerprint density at radius 1 is 1.48 bits per heavy atom. The summed E-state index contributed by atoms with van der Waals surface area (Å²) in [5.74, 6) is -0.179. The number of aryl methyl sites for hydroxylation is 3. The van der Waals surface area contributed by atoms with Crippen molar-refractivity contribution in [3.8, 4) is 0 Å². The number of imidazole rings is 1. The molecule has 0 saturated carbocycles. The molecule has 0 bridgehead atoms. The molecule has 0 amide bonds. The Labute approximate surface area is 124 Å². The molecule has 1 aliphatic rings. The number of ether oxygens (including phenoxy) is 1. The summed E-state index contributed by atoms with van der Waals surface area (Å²) in [6, 6.07) is 4.96. The van der Waals surface area contributed by atoms with Crippen LogP contribution in [0.25, 0.3) is 0 Å². The molecule has 2 heterocycles. The summed E-state index contributed by atoms with van der Waals surface area (Å²) in [5, 5.41) is 3.33. The first-order valence-corrected chi connectivity index (χ1v) is 7.31. The van der Waals surface area contributed by atoms with Gasteiger partial charge in [0.2, 0.25) is 0 Å². The third kappa shape index (κ3) is 3.31. The Kier molecular flexibility index (Phi) is 4.31. The SMILES string of the molecule is Cc1cc(F)ccc1CCn1cncc1C1CNCCO1. The van der Waals surface area contributed by atoms with E-state index in [1.807, 2.05) is 25.5 Å². The third-order valence-electron chi connectivity index (χ3n) is 3.93. The molecule has 1 aromatic heterocycles. The van der Waals surface area contributed by atoms with E-state index in [4.69, 9.17) is 4.74 Å². The maximum Gasteiger partial charge on any atom is 0.123 e. The van der Waals surface area contributed by atoms with Crippen LogP contribution in [-0.2, 0) is 17.7 Å². The molecule has 1 atom stereocenters. The Balaban J connectivity index is 1.69. The van der Waals surface area contributed by atoms with Crippen LogP contribution in [0.15, 0.2) is 30.7 Å². The number of hydrogen-bond donors (Lipinski definition) is 1. The van der Waals surface area contributed by atoms with Gasteiger partial charge in [-0.2, -0.15) is 0 Å². The molecule has 1 fully saturated rings. The van der Waals surface area contributed by atoms with Gasteiger partial charge in [-0.15, -0.1) is 0 Å². The molecule has 21 heavy (non-hydrogen) atoms. The first kappa shape index (κ1) is 14.2. The lowest BCUT2D eigenvalue weighted by Crippen LogP contribution is -2.34. The fourth-order valence-corrected chi connectivity index (χ4v) is 2.72. The van der Waals surface area contributed by atoms with Crippen LogP contribution in [0.4, 0.5) is 4.39 Å².